The maximum atomic E-state index is 16.0. The highest BCUT2D eigenvalue weighted by Gasteiger charge is 2.52. The van der Waals surface area contributed by atoms with Crippen LogP contribution in [0.2, 0.25) is 10.0 Å². The van der Waals surface area contributed by atoms with E-state index in [1.54, 1.807) is 0 Å². The number of aliphatic hydroxyl groups excluding tert-OH is 6. The molecule has 12 rings (SSSR count). The molecule has 0 radical (unpaired) electrons. The number of nitrogens with one attached hydrogen (secondary N) is 7. The number of aliphatic hydroxyl groups is 6. The molecule has 18 atom stereocenters. The van der Waals surface area contributed by atoms with Crippen LogP contribution in [0.1, 0.15) is 176 Å². The van der Waals surface area contributed by atoms with Crippen LogP contribution in [0.4, 0.5) is 0 Å². The minimum atomic E-state index is -4.24. The summed E-state index contributed by atoms with van der Waals surface area (Å²) < 4.78 is 53.0. The largest absolute Gasteiger partial charge is 0.508 e. The summed E-state index contributed by atoms with van der Waals surface area (Å²) in [4.78, 5) is 134. The lowest BCUT2D eigenvalue weighted by atomic mass is 9.86. The van der Waals surface area contributed by atoms with Crippen LogP contribution in [0.25, 0.3) is 11.1 Å². The van der Waals surface area contributed by atoms with Gasteiger partial charge in [0.05, 0.1) is 47.9 Å². The maximum Gasteiger partial charge on any atom is 0.469 e. The zero-order valence-electron chi connectivity index (χ0n) is 65.3. The lowest BCUT2D eigenvalue weighted by molar-refractivity contribution is -0.333. The number of hydrogen-bond acceptors (Lipinski definition) is 27. The van der Waals surface area contributed by atoms with Gasteiger partial charge in [0, 0.05) is 34.7 Å². The molecular weight excluding hydrogens is 1610 g/mol. The van der Waals surface area contributed by atoms with E-state index in [2.05, 4.69) is 48.7 Å². The summed E-state index contributed by atoms with van der Waals surface area (Å²) in [7, 11) is -2.77. The number of aliphatic carboxylic acids is 1. The van der Waals surface area contributed by atoms with Gasteiger partial charge in [-0.1, -0.05) is 120 Å². The molecule has 7 heterocycles. The Morgan fingerprint density at radius 2 is 1.26 bits per heavy atom. The van der Waals surface area contributed by atoms with Gasteiger partial charge in [-0.3, -0.25) is 38.1 Å². The van der Waals surface area contributed by atoms with E-state index in [1.807, 2.05) is 13.8 Å². The van der Waals surface area contributed by atoms with Crippen molar-refractivity contribution in [3.63, 3.8) is 0 Å². The molecule has 40 heteroatoms. The molecule has 5 aromatic carbocycles. The van der Waals surface area contributed by atoms with Gasteiger partial charge >= 0.3 is 13.8 Å². The van der Waals surface area contributed by atoms with E-state index in [9.17, 15) is 79.6 Å². The first kappa shape index (κ1) is 92.8. The Morgan fingerprint density at radius 3 is 1.82 bits per heavy atom. The number of likely N-dealkylation sites (N-methyl/N-ethyl adjacent to an activating group) is 1. The molecule has 7 aliphatic rings. The van der Waals surface area contributed by atoms with Crippen LogP contribution in [-0.4, -0.2) is 207 Å². The normalized spacial score (nSPS) is 26.9. The van der Waals surface area contributed by atoms with E-state index in [0.717, 1.165) is 86.0 Å². The number of rotatable bonds is 25. The number of aromatic hydroxyl groups is 3. The average Bonchev–Trinajstić information content (AvgIpc) is 0.762. The number of phosphoric acid groups is 1. The van der Waals surface area contributed by atoms with Gasteiger partial charge in [0.2, 0.25) is 53.4 Å². The molecule has 18 unspecified atom stereocenters. The van der Waals surface area contributed by atoms with E-state index in [0.29, 0.717) is 0 Å². The molecular formula is C78H102Cl2N9O28P. The number of carbonyl (C=O) groups is 8. The van der Waals surface area contributed by atoms with Crippen LogP contribution >= 0.6 is 31.0 Å². The Hall–Kier alpha value is -9.09. The molecule has 7 amide bonds. The fraction of sp³-hybridized carbons (Fsp3) is 0.513. The Bertz CT molecular complexity index is 4500. The molecule has 2 fully saturated rings. The van der Waals surface area contributed by atoms with Gasteiger partial charge in [0.25, 0.3) is 0 Å². The van der Waals surface area contributed by atoms with Crippen LogP contribution in [0.5, 0.6) is 46.0 Å². The molecule has 2 saturated heterocycles. The first-order valence-electron chi connectivity index (χ1n) is 38.4. The monoisotopic (exact) mass is 1710 g/mol. The number of unbranched alkanes of at least 4 members (excludes halogenated alkanes) is 9. The summed E-state index contributed by atoms with van der Waals surface area (Å²) in [5, 5.41) is 131. The molecule has 0 aromatic heterocycles. The summed E-state index contributed by atoms with van der Waals surface area (Å²) in [6, 6.07) is -0.679. The number of nitrogens with two attached hydrogens (primary N) is 2. The van der Waals surface area contributed by atoms with Gasteiger partial charge in [-0.15, -0.1) is 0 Å². The molecule has 5 aromatic rings. The highest BCUT2D eigenvalue weighted by atomic mass is 35.5. The number of fused-ring (bicyclic) bond motifs is 15. The maximum absolute atomic E-state index is 16.0. The van der Waals surface area contributed by atoms with Crippen molar-refractivity contribution >= 4 is 78.3 Å². The number of hydrogen-bond donors (Lipinski definition) is 21. The number of carbonyl (C=O) groups excluding carboxylic acids is 7. The van der Waals surface area contributed by atoms with Crippen LogP contribution in [0.3, 0.4) is 0 Å². The van der Waals surface area contributed by atoms with E-state index >= 15 is 14.4 Å². The van der Waals surface area contributed by atoms with E-state index in [4.69, 9.17) is 72.9 Å². The van der Waals surface area contributed by atoms with Crippen LogP contribution < -0.4 is 62.9 Å². The highest BCUT2D eigenvalue weighted by molar-refractivity contribution is 7.46. The number of primary amides is 1. The lowest BCUT2D eigenvalue weighted by Gasteiger charge is -2.47. The molecule has 646 valence electrons. The second kappa shape index (κ2) is 40.8. The molecule has 11 bridgehead atoms. The zero-order chi connectivity index (χ0) is 86.5. The number of ether oxygens (including phenoxy) is 6. The Kier molecular flexibility index (Phi) is 32.1. The number of carboxylic acid groups (broad SMARTS) is 1. The number of amides is 7. The van der Waals surface area contributed by atoms with Crippen molar-refractivity contribution in [2.45, 2.75) is 227 Å². The van der Waals surface area contributed by atoms with Gasteiger partial charge in [0.1, 0.15) is 89.5 Å². The number of carboxylic acids is 1. The molecule has 7 aliphatic heterocycles. The standard InChI is InChI=1S/C66H75Cl2N9O24.C12H27O4P/c1-23(2)12-34(71-5)58(88)76-49-51(83)26-7-10-38(32(67)14-26)97-40-16-28-17-41(55(40)101-65-56(54(86)53(85)42(22-78)99-65)100-44-21-66(4,70)57(87)24(3)96-44)98-39-11-8-27(15-33(39)68)52(84)50-63(93)75-48(64(94)95)31-18-29(79)19-37(81)45(31)30-13-25(6-9-36(30)80)46(60(90)77-50)74-61(91)47(28)73-59(89)35(20-43(69)82)72-62(49)92;1-2-3-4-5-6-7-8-9-10-11-12-16-17(13,14)15/h6-11,13-19,23-24,34-35,42,44,46-54,56-57,65,71,78-81,83-87H,12,20-22,70H2,1-5H3,(H2,69,82)(H,72,92)(H,73,89)(H,74,91)(H,75,93)(H,76,88)(H,77,90)(H,94,95);2-12H2,1H3,(H2,13,14,15). The predicted octanol–water partition coefficient (Wildman–Crippen LogP) is 4.12. The van der Waals surface area contributed by atoms with Crippen LogP contribution in [0.15, 0.2) is 78.9 Å². The molecule has 0 saturated carbocycles. The molecule has 0 spiro atoms. The van der Waals surface area contributed by atoms with Crippen molar-refractivity contribution in [2.24, 2.45) is 17.4 Å². The first-order chi connectivity index (χ1) is 55.7. The summed E-state index contributed by atoms with van der Waals surface area (Å²) in [6.07, 6.45) is -6.52. The Balaban J connectivity index is 0.000000835. The van der Waals surface area contributed by atoms with E-state index in [-0.39, 0.29) is 52.8 Å². The van der Waals surface area contributed by atoms with Crippen molar-refractivity contribution in [1.29, 1.82) is 0 Å². The van der Waals surface area contributed by atoms with Crippen molar-refractivity contribution in [1.82, 2.24) is 37.2 Å². The molecule has 37 nitrogen and oxygen atoms in total. The summed E-state index contributed by atoms with van der Waals surface area (Å²) in [5.74, 6) is -16.0. The smallest absolute Gasteiger partial charge is 0.469 e. The van der Waals surface area contributed by atoms with Gasteiger partial charge in [-0.05, 0) is 117 Å². The van der Waals surface area contributed by atoms with Crippen molar-refractivity contribution in [3.8, 4) is 57.1 Å². The molecule has 23 N–H and O–H groups in total. The summed E-state index contributed by atoms with van der Waals surface area (Å²) in [6.45, 7) is 8.05. The fourth-order valence-corrected chi connectivity index (χ4v) is 15.1. The minimum absolute atomic E-state index is 0.0975. The first-order valence-corrected chi connectivity index (χ1v) is 40.7. The second-order valence-corrected chi connectivity index (χ2v) is 32.3. The van der Waals surface area contributed by atoms with Crippen molar-refractivity contribution in [2.75, 3.05) is 20.3 Å². The number of phosphoric ester groups is 1. The van der Waals surface area contributed by atoms with Crippen molar-refractivity contribution in [3.05, 3.63) is 117 Å². The fourth-order valence-electron chi connectivity index (χ4n) is 14.3. The highest BCUT2D eigenvalue weighted by Crippen LogP contribution is 2.50. The Morgan fingerprint density at radius 1 is 0.686 bits per heavy atom. The zero-order valence-corrected chi connectivity index (χ0v) is 67.7. The van der Waals surface area contributed by atoms with E-state index < -0.39 is 245 Å². The van der Waals surface area contributed by atoms with Gasteiger partial charge in [-0.2, -0.15) is 0 Å². The lowest BCUT2D eigenvalue weighted by Crippen LogP contribution is -2.64. The van der Waals surface area contributed by atoms with Gasteiger partial charge < -0.3 is 138 Å². The number of halogens is 2. The SMILES string of the molecule is CCCCCCCCCCCCOP(=O)(O)O.CNC(CC(C)C)C(=O)NC1C(=O)NC(CC(N)=O)C(=O)NC2C(=O)NC3C(=O)NC(C(=O)NC(C(=O)O)c4cc(O)cc(O)c4-c4cc3ccc4O)C(O)c3ccc(c(Cl)c3)Oc3cc2cc(c3OC2OC(CO)C(O)C(O)C2OC2CC(C)(N)C(O)C(C)O2)Oc2ccc(cc2Cl)C1O. The number of phenols is 3. The predicted molar refractivity (Wildman–Crippen MR) is 419 cm³/mol. The third kappa shape index (κ3) is 23.3. The average molecular weight is 1720 g/mol. The van der Waals surface area contributed by atoms with Gasteiger partial charge in [0.15, 0.2) is 29.9 Å². The quantitative estimate of drug-likeness (QED) is 0.0288. The number of benzene rings is 5. The van der Waals surface area contributed by atoms with Gasteiger partial charge in [-0.25, -0.2) is 9.36 Å². The third-order valence-electron chi connectivity index (χ3n) is 20.5. The molecule has 118 heavy (non-hydrogen) atoms. The topological polar surface area (TPSA) is 597 Å². The van der Waals surface area contributed by atoms with Crippen molar-refractivity contribution < 1.29 is 137 Å². The summed E-state index contributed by atoms with van der Waals surface area (Å²) >= 11 is 14.1. The second-order valence-electron chi connectivity index (χ2n) is 30.2. The van der Waals surface area contributed by atoms with Crippen LogP contribution in [-0.2, 0) is 61.7 Å². The third-order valence-corrected chi connectivity index (χ3v) is 21.6. The Labute approximate surface area is 687 Å². The minimum Gasteiger partial charge on any atom is -0.508 e. The van der Waals surface area contributed by atoms with E-state index in [1.165, 1.54) is 78.0 Å². The van der Waals surface area contributed by atoms with Crippen LogP contribution in [0, 0.1) is 5.92 Å². The molecule has 0 aliphatic carbocycles. The number of phenolic OH excluding ortho intramolecular Hbond substituents is 3. The summed E-state index contributed by atoms with van der Waals surface area (Å²) in [5.41, 5.74) is 8.00.